The molecule has 0 aromatic heterocycles. The predicted octanol–water partition coefficient (Wildman–Crippen LogP) is 4.23. The monoisotopic (exact) mass is 268 g/mol. The zero-order valence-corrected chi connectivity index (χ0v) is 12.7. The van der Waals surface area contributed by atoms with Crippen LogP contribution in [-0.4, -0.2) is 19.1 Å². The van der Waals surface area contributed by atoms with Crippen LogP contribution in [0.15, 0.2) is 0 Å². The molecule has 0 atom stereocenters. The second kappa shape index (κ2) is 11.1. The molecular formula is C16H32N2O. The number of hydrogen-bond acceptors (Lipinski definition) is 1. The van der Waals surface area contributed by atoms with Gasteiger partial charge < -0.3 is 10.6 Å². The number of carbonyl (C=O) groups excluding carboxylic acids is 1. The van der Waals surface area contributed by atoms with Crippen molar-refractivity contribution in [3.63, 3.8) is 0 Å². The highest BCUT2D eigenvalue weighted by Crippen LogP contribution is 2.14. The topological polar surface area (TPSA) is 41.1 Å². The van der Waals surface area contributed by atoms with Crippen LogP contribution in [0.25, 0.3) is 0 Å². The molecule has 0 aromatic rings. The largest absolute Gasteiger partial charge is 0.338 e. The van der Waals surface area contributed by atoms with Gasteiger partial charge in [0.05, 0.1) is 0 Å². The molecule has 1 aliphatic heterocycles. The van der Waals surface area contributed by atoms with Crippen LogP contribution in [0.1, 0.15) is 77.6 Å². The van der Waals surface area contributed by atoms with E-state index in [4.69, 9.17) is 0 Å². The summed E-state index contributed by atoms with van der Waals surface area (Å²) in [4.78, 5) is 10.9. The highest BCUT2D eigenvalue weighted by Gasteiger charge is 2.15. The third-order valence-corrected chi connectivity index (χ3v) is 4.07. The molecule has 19 heavy (non-hydrogen) atoms. The van der Waals surface area contributed by atoms with Crippen LogP contribution >= 0.6 is 0 Å². The smallest absolute Gasteiger partial charge is 0.314 e. The predicted molar refractivity (Wildman–Crippen MR) is 81.4 cm³/mol. The molecule has 1 fully saturated rings. The van der Waals surface area contributed by atoms with Crippen LogP contribution in [-0.2, 0) is 0 Å². The summed E-state index contributed by atoms with van der Waals surface area (Å²) >= 11 is 0. The molecule has 1 rings (SSSR count). The van der Waals surface area contributed by atoms with Crippen molar-refractivity contribution in [3.05, 3.63) is 0 Å². The van der Waals surface area contributed by atoms with Crippen LogP contribution < -0.4 is 10.6 Å². The van der Waals surface area contributed by atoms with E-state index in [0.717, 1.165) is 13.1 Å². The lowest BCUT2D eigenvalue weighted by Crippen LogP contribution is -2.48. The van der Waals surface area contributed by atoms with Crippen LogP contribution in [0.4, 0.5) is 4.79 Å². The van der Waals surface area contributed by atoms with Gasteiger partial charge in [0, 0.05) is 13.1 Å². The molecule has 0 unspecified atom stereocenters. The fourth-order valence-electron chi connectivity index (χ4n) is 2.73. The van der Waals surface area contributed by atoms with E-state index in [1.807, 2.05) is 0 Å². The maximum absolute atomic E-state index is 10.9. The maximum atomic E-state index is 10.9. The molecule has 0 aliphatic carbocycles. The SMILES string of the molecule is CCCCCCCCCCCCC1CNC(=O)NC1. The van der Waals surface area contributed by atoms with Crippen molar-refractivity contribution in [1.29, 1.82) is 0 Å². The van der Waals surface area contributed by atoms with E-state index in [2.05, 4.69) is 17.6 Å². The first kappa shape index (κ1) is 16.3. The Bertz CT molecular complexity index is 221. The summed E-state index contributed by atoms with van der Waals surface area (Å²) in [5, 5.41) is 5.74. The third kappa shape index (κ3) is 8.90. The van der Waals surface area contributed by atoms with Crippen LogP contribution in [0.2, 0.25) is 0 Å². The number of carbonyl (C=O) groups is 1. The van der Waals surface area contributed by atoms with E-state index in [9.17, 15) is 4.79 Å². The number of unbranched alkanes of at least 4 members (excludes halogenated alkanes) is 9. The Balaban J connectivity index is 1.77. The molecule has 1 heterocycles. The van der Waals surface area contributed by atoms with Gasteiger partial charge in [-0.25, -0.2) is 4.79 Å². The summed E-state index contributed by atoms with van der Waals surface area (Å²) in [6, 6.07) is -0.000627. The van der Waals surface area contributed by atoms with E-state index in [0.29, 0.717) is 5.92 Å². The molecular weight excluding hydrogens is 236 g/mol. The Morgan fingerprint density at radius 3 is 1.84 bits per heavy atom. The van der Waals surface area contributed by atoms with Crippen molar-refractivity contribution >= 4 is 6.03 Å². The molecule has 0 radical (unpaired) electrons. The van der Waals surface area contributed by atoms with Crippen LogP contribution in [0.3, 0.4) is 0 Å². The maximum Gasteiger partial charge on any atom is 0.314 e. The normalized spacial score (nSPS) is 16.2. The molecule has 1 aliphatic rings. The van der Waals surface area contributed by atoms with Gasteiger partial charge in [0.15, 0.2) is 0 Å². The van der Waals surface area contributed by atoms with Gasteiger partial charge in [-0.05, 0) is 12.3 Å². The Hall–Kier alpha value is -0.730. The minimum atomic E-state index is -0.000627. The molecule has 112 valence electrons. The van der Waals surface area contributed by atoms with Crippen molar-refractivity contribution in [2.75, 3.05) is 13.1 Å². The van der Waals surface area contributed by atoms with E-state index in [-0.39, 0.29) is 6.03 Å². The molecule has 2 amide bonds. The lowest BCUT2D eigenvalue weighted by molar-refractivity contribution is 0.227. The van der Waals surface area contributed by atoms with Crippen molar-refractivity contribution in [1.82, 2.24) is 10.6 Å². The number of rotatable bonds is 11. The minimum absolute atomic E-state index is 0.000627. The van der Waals surface area contributed by atoms with Gasteiger partial charge in [-0.2, -0.15) is 0 Å². The second-order valence-corrected chi connectivity index (χ2v) is 5.93. The quantitative estimate of drug-likeness (QED) is 0.541. The highest BCUT2D eigenvalue weighted by molar-refractivity contribution is 5.74. The molecule has 0 bridgehead atoms. The lowest BCUT2D eigenvalue weighted by Gasteiger charge is -2.23. The molecule has 0 saturated carbocycles. The van der Waals surface area contributed by atoms with Crippen molar-refractivity contribution in [2.24, 2.45) is 5.92 Å². The van der Waals surface area contributed by atoms with Gasteiger partial charge in [0.1, 0.15) is 0 Å². The Labute approximate surface area is 118 Å². The molecule has 0 spiro atoms. The number of nitrogens with one attached hydrogen (secondary N) is 2. The summed E-state index contributed by atoms with van der Waals surface area (Å²) in [5.74, 6) is 0.645. The van der Waals surface area contributed by atoms with Gasteiger partial charge in [0.2, 0.25) is 0 Å². The van der Waals surface area contributed by atoms with Gasteiger partial charge in [-0.1, -0.05) is 71.1 Å². The zero-order valence-electron chi connectivity index (χ0n) is 12.7. The summed E-state index contributed by atoms with van der Waals surface area (Å²) < 4.78 is 0. The highest BCUT2D eigenvalue weighted by atomic mass is 16.2. The lowest BCUT2D eigenvalue weighted by atomic mass is 9.99. The average molecular weight is 268 g/mol. The van der Waals surface area contributed by atoms with Crippen molar-refractivity contribution in [3.8, 4) is 0 Å². The van der Waals surface area contributed by atoms with Gasteiger partial charge in [-0.3, -0.25) is 0 Å². The van der Waals surface area contributed by atoms with Gasteiger partial charge >= 0.3 is 6.03 Å². The summed E-state index contributed by atoms with van der Waals surface area (Å²) in [6.07, 6.45) is 15.2. The Morgan fingerprint density at radius 1 is 0.842 bits per heavy atom. The standard InChI is InChI=1S/C16H32N2O/c1-2-3-4-5-6-7-8-9-10-11-12-15-13-17-16(19)18-14-15/h15H,2-14H2,1H3,(H2,17,18,19). The Morgan fingerprint density at radius 2 is 1.32 bits per heavy atom. The molecule has 3 nitrogen and oxygen atoms in total. The molecule has 2 N–H and O–H groups in total. The molecule has 0 aromatic carbocycles. The fourth-order valence-corrected chi connectivity index (χ4v) is 2.73. The van der Waals surface area contributed by atoms with Crippen LogP contribution in [0, 0.1) is 5.92 Å². The van der Waals surface area contributed by atoms with Gasteiger partial charge in [0.25, 0.3) is 0 Å². The van der Waals surface area contributed by atoms with Crippen molar-refractivity contribution < 1.29 is 4.79 Å². The third-order valence-electron chi connectivity index (χ3n) is 4.07. The Kier molecular flexibility index (Phi) is 9.56. The van der Waals surface area contributed by atoms with E-state index in [1.54, 1.807) is 0 Å². The summed E-state index contributed by atoms with van der Waals surface area (Å²) in [7, 11) is 0. The first-order chi connectivity index (χ1) is 9.33. The van der Waals surface area contributed by atoms with Gasteiger partial charge in [-0.15, -0.1) is 0 Å². The number of hydrogen-bond donors (Lipinski definition) is 2. The average Bonchev–Trinajstić information content (AvgIpc) is 2.43. The van der Waals surface area contributed by atoms with E-state index in [1.165, 1.54) is 70.6 Å². The van der Waals surface area contributed by atoms with Crippen molar-refractivity contribution in [2.45, 2.75) is 77.6 Å². The number of amides is 2. The second-order valence-electron chi connectivity index (χ2n) is 5.93. The first-order valence-corrected chi connectivity index (χ1v) is 8.34. The van der Waals surface area contributed by atoms with E-state index < -0.39 is 0 Å². The van der Waals surface area contributed by atoms with E-state index >= 15 is 0 Å². The molecule has 1 saturated heterocycles. The first-order valence-electron chi connectivity index (χ1n) is 8.34. The molecule has 3 heteroatoms. The fraction of sp³-hybridized carbons (Fsp3) is 0.938. The van der Waals surface area contributed by atoms with Crippen LogP contribution in [0.5, 0.6) is 0 Å². The number of urea groups is 1. The summed E-state index contributed by atoms with van der Waals surface area (Å²) in [5.41, 5.74) is 0. The zero-order chi connectivity index (χ0) is 13.8. The summed E-state index contributed by atoms with van der Waals surface area (Å²) in [6.45, 7) is 4.00. The minimum Gasteiger partial charge on any atom is -0.338 e.